The lowest BCUT2D eigenvalue weighted by atomic mass is 9.95. The van der Waals surface area contributed by atoms with Crippen molar-refractivity contribution in [3.05, 3.63) is 29.1 Å². The van der Waals surface area contributed by atoms with Gasteiger partial charge in [-0.05, 0) is 38.8 Å². The predicted molar refractivity (Wildman–Crippen MR) is 84.1 cm³/mol. The number of nitrogens with one attached hydrogen (secondary N) is 1. The average Bonchev–Trinajstić information content (AvgIpc) is 2.83. The van der Waals surface area contributed by atoms with Gasteiger partial charge in [0.1, 0.15) is 11.4 Å². The number of rotatable bonds is 2. The SMILES string of the molecule is CC(C)(C)OC(=O)NCC1CN2C(=O)CCc3ccc(F)c1c32. The van der Waals surface area contributed by atoms with Crippen molar-refractivity contribution in [3.8, 4) is 0 Å². The minimum Gasteiger partial charge on any atom is -0.444 e. The molecule has 124 valence electrons. The van der Waals surface area contributed by atoms with E-state index >= 15 is 0 Å². The summed E-state index contributed by atoms with van der Waals surface area (Å²) in [4.78, 5) is 25.5. The van der Waals surface area contributed by atoms with Crippen LogP contribution in [0.15, 0.2) is 12.1 Å². The first kappa shape index (κ1) is 15.8. The highest BCUT2D eigenvalue weighted by molar-refractivity contribution is 5.99. The van der Waals surface area contributed by atoms with Crippen LogP contribution in [0.2, 0.25) is 0 Å². The lowest BCUT2D eigenvalue weighted by molar-refractivity contribution is -0.118. The third-order valence-corrected chi connectivity index (χ3v) is 4.13. The van der Waals surface area contributed by atoms with Crippen molar-refractivity contribution in [3.63, 3.8) is 0 Å². The summed E-state index contributed by atoms with van der Waals surface area (Å²) in [6.07, 6.45) is 0.560. The lowest BCUT2D eigenvalue weighted by Crippen LogP contribution is -2.37. The summed E-state index contributed by atoms with van der Waals surface area (Å²) in [5.41, 5.74) is 1.66. The predicted octanol–water partition coefficient (Wildman–Crippen LogP) is 2.73. The number of amides is 2. The molecular weight excluding hydrogens is 299 g/mol. The Hall–Kier alpha value is -2.11. The second kappa shape index (κ2) is 5.51. The molecule has 0 saturated heterocycles. The summed E-state index contributed by atoms with van der Waals surface area (Å²) >= 11 is 0. The van der Waals surface area contributed by atoms with Gasteiger partial charge in [0, 0.05) is 31.0 Å². The topological polar surface area (TPSA) is 58.6 Å². The van der Waals surface area contributed by atoms with Gasteiger partial charge in [-0.3, -0.25) is 4.79 Å². The van der Waals surface area contributed by atoms with Crippen molar-refractivity contribution in [2.45, 2.75) is 45.1 Å². The van der Waals surface area contributed by atoms with Gasteiger partial charge in [-0.25, -0.2) is 9.18 Å². The number of anilines is 1. The van der Waals surface area contributed by atoms with Gasteiger partial charge >= 0.3 is 6.09 Å². The zero-order chi connectivity index (χ0) is 16.8. The van der Waals surface area contributed by atoms with Crippen LogP contribution in [0.5, 0.6) is 0 Å². The molecular formula is C17H21FN2O3. The Morgan fingerprint density at radius 1 is 1.39 bits per heavy atom. The Morgan fingerprint density at radius 2 is 2.13 bits per heavy atom. The van der Waals surface area contributed by atoms with E-state index in [2.05, 4.69) is 5.32 Å². The molecule has 1 atom stereocenters. The molecule has 1 aromatic rings. The molecule has 6 heteroatoms. The molecule has 0 bridgehead atoms. The van der Waals surface area contributed by atoms with Crippen LogP contribution in [-0.4, -0.2) is 30.7 Å². The van der Waals surface area contributed by atoms with Gasteiger partial charge in [-0.2, -0.15) is 0 Å². The van der Waals surface area contributed by atoms with Crippen LogP contribution >= 0.6 is 0 Å². The number of alkyl carbamates (subject to hydrolysis) is 1. The van der Waals surface area contributed by atoms with E-state index in [-0.39, 0.29) is 24.2 Å². The Bertz CT molecular complexity index is 667. The number of carbonyl (C=O) groups is 2. The Morgan fingerprint density at radius 3 is 2.83 bits per heavy atom. The second-order valence-corrected chi connectivity index (χ2v) is 7.05. The van der Waals surface area contributed by atoms with Gasteiger partial charge in [0.25, 0.3) is 0 Å². The van der Waals surface area contributed by atoms with E-state index in [0.29, 0.717) is 30.6 Å². The first-order chi connectivity index (χ1) is 10.8. The quantitative estimate of drug-likeness (QED) is 0.911. The molecule has 0 saturated carbocycles. The Labute approximate surface area is 134 Å². The normalized spacial score (nSPS) is 19.6. The number of carbonyl (C=O) groups excluding carboxylic acids is 2. The number of benzene rings is 1. The molecule has 1 N–H and O–H groups in total. The molecule has 0 spiro atoms. The van der Waals surface area contributed by atoms with E-state index in [1.807, 2.05) is 0 Å². The standard InChI is InChI=1S/C17H21FN2O3/c1-17(2,3)23-16(22)19-8-11-9-20-13(21)7-5-10-4-6-12(18)14(11)15(10)20/h4,6,11H,5,7-9H2,1-3H3,(H,19,22). The smallest absolute Gasteiger partial charge is 0.407 e. The maximum absolute atomic E-state index is 14.3. The van der Waals surface area contributed by atoms with Crippen molar-refractivity contribution >= 4 is 17.7 Å². The van der Waals surface area contributed by atoms with Crippen molar-refractivity contribution in [1.29, 1.82) is 0 Å². The fraction of sp³-hybridized carbons (Fsp3) is 0.529. The Kier molecular flexibility index (Phi) is 3.78. The average molecular weight is 320 g/mol. The fourth-order valence-corrected chi connectivity index (χ4v) is 3.23. The maximum Gasteiger partial charge on any atom is 0.407 e. The third-order valence-electron chi connectivity index (χ3n) is 4.13. The number of hydrogen-bond acceptors (Lipinski definition) is 3. The molecule has 23 heavy (non-hydrogen) atoms. The zero-order valence-corrected chi connectivity index (χ0v) is 13.6. The van der Waals surface area contributed by atoms with E-state index in [1.165, 1.54) is 6.07 Å². The van der Waals surface area contributed by atoms with Crippen LogP contribution in [0.3, 0.4) is 0 Å². The molecule has 2 heterocycles. The molecule has 2 amide bonds. The summed E-state index contributed by atoms with van der Waals surface area (Å²) in [5.74, 6) is -0.555. The molecule has 0 fully saturated rings. The van der Waals surface area contributed by atoms with Crippen LogP contribution in [0.1, 0.15) is 44.2 Å². The van der Waals surface area contributed by atoms with E-state index in [9.17, 15) is 14.0 Å². The number of aryl methyl sites for hydroxylation is 1. The number of halogens is 1. The highest BCUT2D eigenvalue weighted by Gasteiger charge is 2.39. The van der Waals surface area contributed by atoms with Crippen molar-refractivity contribution in [1.82, 2.24) is 5.32 Å². The molecule has 0 aliphatic carbocycles. The molecule has 5 nitrogen and oxygen atoms in total. The summed E-state index contributed by atoms with van der Waals surface area (Å²) in [5, 5.41) is 2.68. The van der Waals surface area contributed by atoms with Gasteiger partial charge < -0.3 is 15.0 Å². The van der Waals surface area contributed by atoms with Crippen LogP contribution in [0, 0.1) is 5.82 Å². The molecule has 2 aliphatic rings. The van der Waals surface area contributed by atoms with Gasteiger partial charge in [0.2, 0.25) is 5.91 Å². The minimum absolute atomic E-state index is 0.0177. The first-order valence-corrected chi connectivity index (χ1v) is 7.85. The van der Waals surface area contributed by atoms with Crippen molar-refractivity contribution in [2.75, 3.05) is 18.0 Å². The van der Waals surface area contributed by atoms with Crippen LogP contribution < -0.4 is 10.2 Å². The van der Waals surface area contributed by atoms with Gasteiger partial charge in [0.15, 0.2) is 0 Å². The van der Waals surface area contributed by atoms with E-state index in [4.69, 9.17) is 4.74 Å². The summed E-state index contributed by atoms with van der Waals surface area (Å²) < 4.78 is 19.5. The summed E-state index contributed by atoms with van der Waals surface area (Å²) in [6.45, 7) is 5.99. The number of ether oxygens (including phenoxy) is 1. The van der Waals surface area contributed by atoms with Crippen LogP contribution in [-0.2, 0) is 16.0 Å². The molecule has 1 aromatic carbocycles. The highest BCUT2D eigenvalue weighted by atomic mass is 19.1. The van der Waals surface area contributed by atoms with Crippen molar-refractivity contribution < 1.29 is 18.7 Å². The summed E-state index contributed by atoms with van der Waals surface area (Å²) in [6, 6.07) is 3.20. The van der Waals surface area contributed by atoms with Gasteiger partial charge in [0.05, 0.1) is 5.69 Å². The molecule has 0 aromatic heterocycles. The highest BCUT2D eigenvalue weighted by Crippen LogP contribution is 2.43. The zero-order valence-electron chi connectivity index (χ0n) is 13.6. The van der Waals surface area contributed by atoms with Crippen LogP contribution in [0.25, 0.3) is 0 Å². The van der Waals surface area contributed by atoms with Gasteiger partial charge in [-0.15, -0.1) is 0 Å². The second-order valence-electron chi connectivity index (χ2n) is 7.05. The lowest BCUT2D eigenvalue weighted by Gasteiger charge is -2.25. The van der Waals surface area contributed by atoms with Crippen molar-refractivity contribution in [2.24, 2.45) is 0 Å². The molecule has 3 rings (SSSR count). The third kappa shape index (κ3) is 3.02. The van der Waals surface area contributed by atoms with E-state index in [0.717, 1.165) is 5.56 Å². The van der Waals surface area contributed by atoms with E-state index < -0.39 is 11.7 Å². The molecule has 0 radical (unpaired) electrons. The molecule has 2 aliphatic heterocycles. The Balaban J connectivity index is 1.78. The van der Waals surface area contributed by atoms with Crippen LogP contribution in [0.4, 0.5) is 14.9 Å². The van der Waals surface area contributed by atoms with E-state index in [1.54, 1.807) is 31.7 Å². The monoisotopic (exact) mass is 320 g/mol. The van der Waals surface area contributed by atoms with Gasteiger partial charge in [-0.1, -0.05) is 6.07 Å². The maximum atomic E-state index is 14.3. The molecule has 1 unspecified atom stereocenters. The minimum atomic E-state index is -0.582. The largest absolute Gasteiger partial charge is 0.444 e. The fourth-order valence-electron chi connectivity index (χ4n) is 3.23. The number of hydrogen-bond donors (Lipinski definition) is 1. The number of nitrogens with zero attached hydrogens (tertiary/aromatic N) is 1. The summed E-state index contributed by atoms with van der Waals surface area (Å²) in [7, 11) is 0. The first-order valence-electron chi connectivity index (χ1n) is 7.85.